The van der Waals surface area contributed by atoms with Crippen molar-refractivity contribution in [3.8, 4) is 0 Å². The van der Waals surface area contributed by atoms with Gasteiger partial charge in [-0.25, -0.2) is 0 Å². The van der Waals surface area contributed by atoms with Gasteiger partial charge in [0, 0.05) is 31.8 Å². The molecule has 0 aromatic heterocycles. The van der Waals surface area contributed by atoms with E-state index in [9.17, 15) is 14.9 Å². The number of nitro groups is 1. The second-order valence-corrected chi connectivity index (χ2v) is 5.10. The number of amides is 1. The average molecular weight is 330 g/mol. The fraction of sp³-hybridized carbons (Fsp3) is 0.500. The molecule has 0 radical (unpaired) electrons. The quantitative estimate of drug-likeness (QED) is 0.620. The molecule has 1 aromatic rings. The molecule has 8 heteroatoms. The van der Waals surface area contributed by atoms with Crippen molar-refractivity contribution in [1.29, 1.82) is 0 Å². The third kappa shape index (κ3) is 4.16. The van der Waals surface area contributed by atoms with Crippen LogP contribution < -0.4 is 10.6 Å². The number of nitro benzene ring substituents is 1. The highest BCUT2D eigenvalue weighted by Gasteiger charge is 2.28. The standard InChI is InChI=1S/C14H19N3O4.ClH/c1-9-10(4-3-5-12(9)17(19)20)6-14(18)16-11-7-15-8-13(11)21-2;/h3-5,11,13,15H,6-8H2,1-2H3,(H,16,18);1H/t11?,13-;/m0./s1. The molecular formula is C14H20ClN3O4. The number of nitrogens with zero attached hydrogens (tertiary/aromatic N) is 1. The smallest absolute Gasteiger partial charge is 0.272 e. The summed E-state index contributed by atoms with van der Waals surface area (Å²) in [7, 11) is 1.61. The van der Waals surface area contributed by atoms with Crippen molar-refractivity contribution in [2.24, 2.45) is 0 Å². The highest BCUT2D eigenvalue weighted by Crippen LogP contribution is 2.21. The van der Waals surface area contributed by atoms with Gasteiger partial charge in [-0.2, -0.15) is 0 Å². The molecule has 1 aliphatic heterocycles. The number of hydrogen-bond acceptors (Lipinski definition) is 5. The van der Waals surface area contributed by atoms with Gasteiger partial charge in [-0.3, -0.25) is 14.9 Å². The topological polar surface area (TPSA) is 93.5 Å². The summed E-state index contributed by atoms with van der Waals surface area (Å²) in [5, 5.41) is 17.0. The lowest BCUT2D eigenvalue weighted by Crippen LogP contribution is -2.44. The molecule has 1 aromatic carbocycles. The van der Waals surface area contributed by atoms with Gasteiger partial charge in [0.05, 0.1) is 23.5 Å². The Labute approximate surface area is 135 Å². The molecule has 0 bridgehead atoms. The Morgan fingerprint density at radius 3 is 2.86 bits per heavy atom. The van der Waals surface area contributed by atoms with Gasteiger partial charge in [-0.15, -0.1) is 12.4 Å². The van der Waals surface area contributed by atoms with Crippen molar-refractivity contribution in [1.82, 2.24) is 10.6 Å². The molecule has 2 atom stereocenters. The number of hydrogen-bond donors (Lipinski definition) is 2. The number of rotatable bonds is 5. The van der Waals surface area contributed by atoms with Gasteiger partial charge in [0.2, 0.25) is 5.91 Å². The predicted octanol–water partition coefficient (Wildman–Crippen LogP) is 0.971. The zero-order valence-electron chi connectivity index (χ0n) is 12.5. The van der Waals surface area contributed by atoms with Gasteiger partial charge in [-0.05, 0) is 12.5 Å². The first-order valence-electron chi connectivity index (χ1n) is 6.78. The highest BCUT2D eigenvalue weighted by molar-refractivity contribution is 5.85. The second-order valence-electron chi connectivity index (χ2n) is 5.10. The normalized spacial score (nSPS) is 20.3. The molecule has 0 saturated carbocycles. The Kier molecular flexibility index (Phi) is 6.73. The second kappa shape index (κ2) is 8.07. The number of methoxy groups -OCH3 is 1. The fourth-order valence-electron chi connectivity index (χ4n) is 2.54. The number of benzene rings is 1. The van der Waals surface area contributed by atoms with Gasteiger partial charge in [0.1, 0.15) is 0 Å². The van der Waals surface area contributed by atoms with Gasteiger partial charge < -0.3 is 15.4 Å². The highest BCUT2D eigenvalue weighted by atomic mass is 35.5. The maximum Gasteiger partial charge on any atom is 0.272 e. The molecule has 0 aliphatic carbocycles. The largest absolute Gasteiger partial charge is 0.378 e. The SMILES string of the molecule is CO[C@H]1CNCC1NC(=O)Cc1cccc([N+](=O)[O-])c1C.Cl. The monoisotopic (exact) mass is 329 g/mol. The van der Waals surface area contributed by atoms with Crippen LogP contribution in [0.1, 0.15) is 11.1 Å². The minimum absolute atomic E-state index is 0. The van der Waals surface area contributed by atoms with Crippen molar-refractivity contribution in [3.63, 3.8) is 0 Å². The zero-order valence-corrected chi connectivity index (χ0v) is 13.3. The molecule has 2 rings (SSSR count). The van der Waals surface area contributed by atoms with Gasteiger partial charge in [0.25, 0.3) is 5.69 Å². The Morgan fingerprint density at radius 2 is 2.23 bits per heavy atom. The van der Waals surface area contributed by atoms with E-state index in [2.05, 4.69) is 10.6 Å². The third-order valence-corrected chi connectivity index (χ3v) is 3.77. The maximum absolute atomic E-state index is 12.1. The van der Waals surface area contributed by atoms with E-state index in [1.165, 1.54) is 6.07 Å². The molecule has 22 heavy (non-hydrogen) atoms. The number of nitrogens with one attached hydrogen (secondary N) is 2. The van der Waals surface area contributed by atoms with Crippen molar-refractivity contribution >= 4 is 24.0 Å². The molecule has 1 fully saturated rings. The lowest BCUT2D eigenvalue weighted by molar-refractivity contribution is -0.385. The summed E-state index contributed by atoms with van der Waals surface area (Å²) in [6.07, 6.45) is 0.0839. The molecule has 0 spiro atoms. The molecular weight excluding hydrogens is 310 g/mol. The molecule has 1 heterocycles. The number of ether oxygens (including phenoxy) is 1. The average Bonchev–Trinajstić information content (AvgIpc) is 2.87. The van der Waals surface area contributed by atoms with Crippen LogP contribution >= 0.6 is 12.4 Å². The summed E-state index contributed by atoms with van der Waals surface area (Å²) in [5.41, 5.74) is 1.24. The molecule has 1 amide bonds. The van der Waals surface area contributed by atoms with Crippen molar-refractivity contribution in [2.45, 2.75) is 25.5 Å². The van der Waals surface area contributed by atoms with E-state index in [-0.39, 0.29) is 42.6 Å². The molecule has 1 saturated heterocycles. The third-order valence-electron chi connectivity index (χ3n) is 3.77. The Hall–Kier alpha value is -1.70. The van der Waals surface area contributed by atoms with E-state index in [0.717, 1.165) is 0 Å². The summed E-state index contributed by atoms with van der Waals surface area (Å²) < 4.78 is 5.28. The summed E-state index contributed by atoms with van der Waals surface area (Å²) in [6, 6.07) is 4.71. The van der Waals surface area contributed by atoms with E-state index in [4.69, 9.17) is 4.74 Å². The van der Waals surface area contributed by atoms with Gasteiger partial charge >= 0.3 is 0 Å². The minimum atomic E-state index is -0.432. The first-order chi connectivity index (χ1) is 10.0. The van der Waals surface area contributed by atoms with Crippen LogP contribution in [0.25, 0.3) is 0 Å². The molecule has 2 N–H and O–H groups in total. The summed E-state index contributed by atoms with van der Waals surface area (Å²) in [6.45, 7) is 3.03. The van der Waals surface area contributed by atoms with Crippen LogP contribution in [-0.2, 0) is 16.0 Å². The van der Waals surface area contributed by atoms with Crippen molar-refractivity contribution in [2.75, 3.05) is 20.2 Å². The molecule has 7 nitrogen and oxygen atoms in total. The van der Waals surface area contributed by atoms with E-state index in [0.29, 0.717) is 24.2 Å². The number of carbonyl (C=O) groups is 1. The maximum atomic E-state index is 12.1. The van der Waals surface area contributed by atoms with Crippen LogP contribution in [0.2, 0.25) is 0 Å². The predicted molar refractivity (Wildman–Crippen MR) is 84.4 cm³/mol. The van der Waals surface area contributed by atoms with Crippen LogP contribution in [-0.4, -0.2) is 43.2 Å². The Morgan fingerprint density at radius 1 is 1.50 bits per heavy atom. The molecule has 1 aliphatic rings. The lowest BCUT2D eigenvalue weighted by atomic mass is 10.0. The van der Waals surface area contributed by atoms with E-state index < -0.39 is 4.92 Å². The van der Waals surface area contributed by atoms with Crippen LogP contribution in [0.3, 0.4) is 0 Å². The molecule has 122 valence electrons. The number of halogens is 1. The first-order valence-corrected chi connectivity index (χ1v) is 6.78. The van der Waals surface area contributed by atoms with E-state index >= 15 is 0 Å². The summed E-state index contributed by atoms with van der Waals surface area (Å²) >= 11 is 0. The van der Waals surface area contributed by atoms with Crippen molar-refractivity contribution < 1.29 is 14.5 Å². The van der Waals surface area contributed by atoms with E-state index in [1.807, 2.05) is 0 Å². The summed E-state index contributed by atoms with van der Waals surface area (Å²) in [5.74, 6) is -0.158. The van der Waals surface area contributed by atoms with Crippen LogP contribution in [0, 0.1) is 17.0 Å². The lowest BCUT2D eigenvalue weighted by Gasteiger charge is -2.18. The van der Waals surface area contributed by atoms with E-state index in [1.54, 1.807) is 26.2 Å². The van der Waals surface area contributed by atoms with Crippen LogP contribution in [0.4, 0.5) is 5.69 Å². The van der Waals surface area contributed by atoms with Gasteiger partial charge in [-0.1, -0.05) is 12.1 Å². The first kappa shape index (κ1) is 18.3. The molecule has 1 unspecified atom stereocenters. The van der Waals surface area contributed by atoms with Crippen molar-refractivity contribution in [3.05, 3.63) is 39.4 Å². The zero-order chi connectivity index (χ0) is 15.4. The van der Waals surface area contributed by atoms with Gasteiger partial charge in [0.15, 0.2) is 0 Å². The number of carbonyl (C=O) groups excluding carboxylic acids is 1. The summed E-state index contributed by atoms with van der Waals surface area (Å²) in [4.78, 5) is 22.6. The fourth-order valence-corrected chi connectivity index (χ4v) is 2.54. The van der Waals surface area contributed by atoms with Crippen LogP contribution in [0.5, 0.6) is 0 Å². The Bertz CT molecular complexity index is 553. The van der Waals surface area contributed by atoms with Crippen LogP contribution in [0.15, 0.2) is 18.2 Å². The minimum Gasteiger partial charge on any atom is -0.378 e. The Balaban J connectivity index is 0.00000242.